The Morgan fingerprint density at radius 1 is 0.838 bits per heavy atom. The van der Waals surface area contributed by atoms with Crippen LogP contribution in [0.5, 0.6) is 0 Å². The van der Waals surface area contributed by atoms with E-state index >= 15 is 0 Å². The van der Waals surface area contributed by atoms with Crippen molar-refractivity contribution in [2.45, 2.75) is 78.1 Å². The predicted molar refractivity (Wildman–Crippen MR) is 145 cm³/mol. The molecule has 1 aliphatic heterocycles. The molecule has 1 aliphatic rings. The van der Waals surface area contributed by atoms with Gasteiger partial charge in [0.2, 0.25) is 17.7 Å². The highest BCUT2D eigenvalue weighted by Crippen LogP contribution is 2.20. The fourth-order valence-electron chi connectivity index (χ4n) is 4.28. The molecule has 200 valence electrons. The molecule has 7 nitrogen and oxygen atoms in total. The Balaban J connectivity index is 1.70. The van der Waals surface area contributed by atoms with Crippen LogP contribution in [0.4, 0.5) is 0 Å². The highest BCUT2D eigenvalue weighted by Gasteiger charge is 2.36. The number of hydrogen-bond donors (Lipinski definition) is 3. The van der Waals surface area contributed by atoms with Gasteiger partial charge in [0.25, 0.3) is 0 Å². The Hall–Kier alpha value is -3.19. The summed E-state index contributed by atoms with van der Waals surface area (Å²) < 4.78 is 5.50. The van der Waals surface area contributed by atoms with Crippen molar-refractivity contribution in [3.8, 4) is 0 Å². The van der Waals surface area contributed by atoms with Crippen LogP contribution in [0.2, 0.25) is 0 Å². The lowest BCUT2D eigenvalue weighted by atomic mass is 9.91. The molecule has 0 saturated carbocycles. The van der Waals surface area contributed by atoms with Gasteiger partial charge in [-0.25, -0.2) is 0 Å². The monoisotopic (exact) mass is 507 g/mol. The first-order valence-electron chi connectivity index (χ1n) is 13.1. The Bertz CT molecular complexity index is 1030. The number of epoxide rings is 1. The molecular formula is C30H41N3O4. The van der Waals surface area contributed by atoms with E-state index in [1.807, 2.05) is 95.3 Å². The van der Waals surface area contributed by atoms with E-state index < -0.39 is 12.1 Å². The Kier molecular flexibility index (Phi) is 9.86. The van der Waals surface area contributed by atoms with E-state index in [-0.39, 0.29) is 41.2 Å². The van der Waals surface area contributed by atoms with Gasteiger partial charge in [-0.1, -0.05) is 95.3 Å². The maximum atomic E-state index is 13.5. The summed E-state index contributed by atoms with van der Waals surface area (Å²) in [6, 6.07) is 17.8. The highest BCUT2D eigenvalue weighted by atomic mass is 16.6. The number of carbonyl (C=O) groups is 3. The van der Waals surface area contributed by atoms with Crippen LogP contribution in [-0.2, 0) is 32.0 Å². The van der Waals surface area contributed by atoms with E-state index in [1.165, 1.54) is 0 Å². The average molecular weight is 508 g/mol. The molecule has 3 rings (SSSR count). The van der Waals surface area contributed by atoms with Crippen molar-refractivity contribution in [3.63, 3.8) is 0 Å². The molecule has 3 N–H and O–H groups in total. The minimum atomic E-state index is -0.793. The first-order valence-corrected chi connectivity index (χ1v) is 13.1. The number of benzene rings is 2. The normalized spacial score (nSPS) is 17.4. The predicted octanol–water partition coefficient (Wildman–Crippen LogP) is 3.42. The van der Waals surface area contributed by atoms with E-state index in [1.54, 1.807) is 0 Å². The summed E-state index contributed by atoms with van der Waals surface area (Å²) in [5, 5.41) is 8.94. The van der Waals surface area contributed by atoms with Crippen LogP contribution in [0.1, 0.15) is 52.2 Å². The first-order chi connectivity index (χ1) is 17.5. The van der Waals surface area contributed by atoms with Crippen molar-refractivity contribution in [1.82, 2.24) is 16.0 Å². The van der Waals surface area contributed by atoms with E-state index in [0.717, 1.165) is 11.1 Å². The van der Waals surface area contributed by atoms with Gasteiger partial charge in [0.15, 0.2) is 0 Å². The Morgan fingerprint density at radius 2 is 1.38 bits per heavy atom. The SMILES string of the molecule is CC(C)[C@H](NC(=O)[C@H](Cc1ccccc1)NC(=O)CC(C)(C)C)C(=O)N[C@@H](Cc1ccccc1)C1CO1. The zero-order valence-corrected chi connectivity index (χ0v) is 22.6. The zero-order chi connectivity index (χ0) is 27.0. The highest BCUT2D eigenvalue weighted by molar-refractivity contribution is 5.92. The van der Waals surface area contributed by atoms with Crippen molar-refractivity contribution in [2.75, 3.05) is 6.61 Å². The topological polar surface area (TPSA) is 99.8 Å². The molecule has 4 atom stereocenters. The summed E-state index contributed by atoms with van der Waals surface area (Å²) in [5.74, 6) is -0.964. The van der Waals surface area contributed by atoms with E-state index in [4.69, 9.17) is 4.74 Å². The summed E-state index contributed by atoms with van der Waals surface area (Å²) >= 11 is 0. The summed E-state index contributed by atoms with van der Waals surface area (Å²) in [5.41, 5.74) is 1.83. The lowest BCUT2D eigenvalue weighted by Crippen LogP contribution is -2.57. The molecule has 0 spiro atoms. The van der Waals surface area contributed by atoms with Gasteiger partial charge in [0.1, 0.15) is 18.2 Å². The molecule has 37 heavy (non-hydrogen) atoms. The minimum absolute atomic E-state index is 0.0322. The van der Waals surface area contributed by atoms with Crippen molar-refractivity contribution in [1.29, 1.82) is 0 Å². The maximum absolute atomic E-state index is 13.5. The molecule has 3 amide bonds. The number of ether oxygens (including phenoxy) is 1. The first kappa shape index (κ1) is 28.4. The smallest absolute Gasteiger partial charge is 0.243 e. The van der Waals surface area contributed by atoms with Gasteiger partial charge in [-0.15, -0.1) is 0 Å². The number of carbonyl (C=O) groups excluding carboxylic acids is 3. The van der Waals surface area contributed by atoms with E-state index in [9.17, 15) is 14.4 Å². The van der Waals surface area contributed by atoms with Crippen LogP contribution in [0.15, 0.2) is 60.7 Å². The molecule has 0 bridgehead atoms. The lowest BCUT2D eigenvalue weighted by Gasteiger charge is -2.28. The number of nitrogens with one attached hydrogen (secondary N) is 3. The van der Waals surface area contributed by atoms with Crippen LogP contribution >= 0.6 is 0 Å². The summed E-state index contributed by atoms with van der Waals surface area (Å²) in [6.45, 7) is 10.3. The molecular weight excluding hydrogens is 466 g/mol. The third-order valence-corrected chi connectivity index (χ3v) is 6.31. The van der Waals surface area contributed by atoms with Crippen LogP contribution in [-0.4, -0.2) is 48.6 Å². The van der Waals surface area contributed by atoms with Crippen molar-refractivity contribution in [2.24, 2.45) is 11.3 Å². The van der Waals surface area contributed by atoms with Crippen LogP contribution in [0, 0.1) is 11.3 Å². The molecule has 0 aliphatic carbocycles. The second kappa shape index (κ2) is 12.9. The molecule has 0 aromatic heterocycles. The molecule has 1 unspecified atom stereocenters. The summed E-state index contributed by atoms with van der Waals surface area (Å²) in [6.07, 6.45) is 1.24. The molecule has 0 radical (unpaired) electrons. The van der Waals surface area contributed by atoms with Gasteiger partial charge >= 0.3 is 0 Å². The van der Waals surface area contributed by atoms with E-state index in [2.05, 4.69) is 16.0 Å². The Labute approximate surface area is 220 Å². The quantitative estimate of drug-likeness (QED) is 0.383. The van der Waals surface area contributed by atoms with Crippen LogP contribution in [0.25, 0.3) is 0 Å². The van der Waals surface area contributed by atoms with Gasteiger partial charge in [-0.3, -0.25) is 14.4 Å². The van der Waals surface area contributed by atoms with E-state index in [0.29, 0.717) is 25.9 Å². The molecule has 1 fully saturated rings. The average Bonchev–Trinajstić information content (AvgIpc) is 3.67. The molecule has 1 heterocycles. The molecule has 2 aromatic rings. The zero-order valence-electron chi connectivity index (χ0n) is 22.6. The third kappa shape index (κ3) is 9.65. The molecule has 2 aromatic carbocycles. The van der Waals surface area contributed by atoms with Crippen LogP contribution < -0.4 is 16.0 Å². The lowest BCUT2D eigenvalue weighted by molar-refractivity contribution is -0.133. The van der Waals surface area contributed by atoms with Crippen molar-refractivity contribution in [3.05, 3.63) is 71.8 Å². The summed E-state index contributed by atoms with van der Waals surface area (Å²) in [7, 11) is 0. The largest absolute Gasteiger partial charge is 0.371 e. The standard InChI is InChI=1S/C30H41N3O4/c1-20(2)27(29(36)32-23(25-19-37-25)16-21-12-8-6-9-13-21)33-28(35)24(17-22-14-10-7-11-15-22)31-26(34)18-30(3,4)5/h6-15,20,23-25,27H,16-19H2,1-5H3,(H,31,34)(H,32,36)(H,33,35)/t23-,24-,25?,27-/m0/s1. The van der Waals surface area contributed by atoms with Crippen molar-refractivity contribution >= 4 is 17.7 Å². The number of amides is 3. The fourth-order valence-corrected chi connectivity index (χ4v) is 4.28. The second-order valence-electron chi connectivity index (χ2n) is 11.5. The minimum Gasteiger partial charge on any atom is -0.371 e. The molecule has 1 saturated heterocycles. The van der Waals surface area contributed by atoms with Gasteiger partial charge < -0.3 is 20.7 Å². The summed E-state index contributed by atoms with van der Waals surface area (Å²) in [4.78, 5) is 39.6. The second-order valence-corrected chi connectivity index (χ2v) is 11.5. The van der Waals surface area contributed by atoms with Gasteiger partial charge in [0, 0.05) is 12.8 Å². The van der Waals surface area contributed by atoms with Crippen molar-refractivity contribution < 1.29 is 19.1 Å². The fraction of sp³-hybridized carbons (Fsp3) is 0.500. The van der Waals surface area contributed by atoms with Gasteiger partial charge in [-0.2, -0.15) is 0 Å². The Morgan fingerprint density at radius 3 is 1.86 bits per heavy atom. The van der Waals surface area contributed by atoms with Crippen LogP contribution in [0.3, 0.4) is 0 Å². The number of rotatable bonds is 12. The van der Waals surface area contributed by atoms with Gasteiger partial charge in [-0.05, 0) is 28.9 Å². The molecule has 7 heteroatoms. The van der Waals surface area contributed by atoms with Gasteiger partial charge in [0.05, 0.1) is 12.6 Å². The number of hydrogen-bond acceptors (Lipinski definition) is 4. The maximum Gasteiger partial charge on any atom is 0.243 e. The third-order valence-electron chi connectivity index (χ3n) is 6.31.